The number of hydrogen-bond acceptors (Lipinski definition) is 2. The number of halogens is 4. The van der Waals surface area contributed by atoms with Gasteiger partial charge in [-0.25, -0.2) is 9.97 Å². The molecule has 80 valence electrons. The molecule has 2 heterocycles. The van der Waals surface area contributed by atoms with Crippen molar-refractivity contribution < 1.29 is 13.2 Å². The third-order valence-corrected chi connectivity index (χ3v) is 2.54. The molecule has 0 amide bonds. The van der Waals surface area contributed by atoms with E-state index in [-0.39, 0.29) is 11.2 Å². The van der Waals surface area contributed by atoms with Crippen molar-refractivity contribution in [3.8, 4) is 0 Å². The molecular weight excluding hydrogens is 322 g/mol. The lowest BCUT2D eigenvalue weighted by molar-refractivity contribution is -0.146. The van der Waals surface area contributed by atoms with E-state index in [1.54, 1.807) is 6.07 Å². The van der Waals surface area contributed by atoms with Gasteiger partial charge in [-0.3, -0.25) is 0 Å². The Balaban J connectivity index is 2.76. The molecule has 7 heteroatoms. The summed E-state index contributed by atoms with van der Waals surface area (Å²) in [6, 6.07) is 3.15. The molecule has 0 unspecified atom stereocenters. The van der Waals surface area contributed by atoms with Gasteiger partial charge in [0.25, 0.3) is 0 Å². The standard InChI is InChI=1S/C8H5F3IN3/c1-15-6-4(2-3-5(12)14-6)13-7(15)8(9,10)11/h2-3H,1H3. The van der Waals surface area contributed by atoms with Gasteiger partial charge in [0.05, 0.1) is 0 Å². The molecule has 2 rings (SSSR count). The smallest absolute Gasteiger partial charge is 0.308 e. The van der Waals surface area contributed by atoms with Crippen LogP contribution in [-0.2, 0) is 13.2 Å². The molecule has 0 aliphatic carbocycles. The molecule has 0 saturated heterocycles. The molecule has 3 nitrogen and oxygen atoms in total. The summed E-state index contributed by atoms with van der Waals surface area (Å²) in [7, 11) is 1.31. The van der Waals surface area contributed by atoms with Gasteiger partial charge in [0.1, 0.15) is 9.22 Å². The number of hydrogen-bond donors (Lipinski definition) is 0. The lowest BCUT2D eigenvalue weighted by Crippen LogP contribution is -2.12. The Morgan fingerprint density at radius 3 is 2.53 bits per heavy atom. The van der Waals surface area contributed by atoms with Gasteiger partial charge >= 0.3 is 6.18 Å². The van der Waals surface area contributed by atoms with Crippen LogP contribution in [0.3, 0.4) is 0 Å². The molecular formula is C8H5F3IN3. The Morgan fingerprint density at radius 2 is 1.93 bits per heavy atom. The Morgan fingerprint density at radius 1 is 1.27 bits per heavy atom. The van der Waals surface area contributed by atoms with Gasteiger partial charge in [-0.1, -0.05) is 0 Å². The number of alkyl halides is 3. The normalized spacial score (nSPS) is 12.3. The number of nitrogens with zero attached hydrogens (tertiary/aromatic N) is 3. The summed E-state index contributed by atoms with van der Waals surface area (Å²) in [6.45, 7) is 0. The fourth-order valence-electron chi connectivity index (χ4n) is 1.29. The molecule has 0 N–H and O–H groups in total. The zero-order chi connectivity index (χ0) is 11.2. The van der Waals surface area contributed by atoms with Crippen LogP contribution in [0.25, 0.3) is 11.2 Å². The fourth-order valence-corrected chi connectivity index (χ4v) is 1.70. The zero-order valence-corrected chi connectivity index (χ0v) is 9.67. The zero-order valence-electron chi connectivity index (χ0n) is 7.51. The van der Waals surface area contributed by atoms with Gasteiger partial charge in [0, 0.05) is 7.05 Å². The molecule has 0 atom stereocenters. The number of imidazole rings is 1. The lowest BCUT2D eigenvalue weighted by Gasteiger charge is -2.04. The summed E-state index contributed by atoms with van der Waals surface area (Å²) in [6.07, 6.45) is -4.44. The number of aromatic nitrogens is 3. The van der Waals surface area contributed by atoms with E-state index in [1.165, 1.54) is 13.1 Å². The van der Waals surface area contributed by atoms with E-state index in [0.29, 0.717) is 3.70 Å². The Hall–Kier alpha value is -0.860. The van der Waals surface area contributed by atoms with Gasteiger partial charge in [-0.05, 0) is 34.7 Å². The van der Waals surface area contributed by atoms with Gasteiger partial charge in [-0.2, -0.15) is 13.2 Å². The second-order valence-electron chi connectivity index (χ2n) is 2.97. The van der Waals surface area contributed by atoms with E-state index >= 15 is 0 Å². The third kappa shape index (κ3) is 1.80. The first kappa shape index (κ1) is 10.7. The van der Waals surface area contributed by atoms with Crippen molar-refractivity contribution in [3.63, 3.8) is 0 Å². The second kappa shape index (κ2) is 3.32. The van der Waals surface area contributed by atoms with Crippen LogP contribution in [0.1, 0.15) is 5.82 Å². The monoisotopic (exact) mass is 327 g/mol. The van der Waals surface area contributed by atoms with E-state index in [0.717, 1.165) is 4.57 Å². The van der Waals surface area contributed by atoms with Gasteiger partial charge in [0.15, 0.2) is 5.65 Å². The van der Waals surface area contributed by atoms with Crippen molar-refractivity contribution >= 4 is 33.8 Å². The molecule has 0 aromatic carbocycles. The quantitative estimate of drug-likeness (QED) is 0.550. The van der Waals surface area contributed by atoms with Crippen molar-refractivity contribution in [2.45, 2.75) is 6.18 Å². The average molecular weight is 327 g/mol. The molecule has 0 aliphatic heterocycles. The van der Waals surface area contributed by atoms with Crippen LogP contribution in [0.2, 0.25) is 0 Å². The largest absolute Gasteiger partial charge is 0.449 e. The fraction of sp³-hybridized carbons (Fsp3) is 0.250. The number of pyridine rings is 1. The SMILES string of the molecule is Cn1c(C(F)(F)F)nc2ccc(I)nc21. The third-order valence-electron chi connectivity index (χ3n) is 1.94. The molecule has 0 bridgehead atoms. The summed E-state index contributed by atoms with van der Waals surface area (Å²) in [4.78, 5) is 7.49. The van der Waals surface area contributed by atoms with Crippen LogP contribution in [0.15, 0.2) is 12.1 Å². The highest BCUT2D eigenvalue weighted by Gasteiger charge is 2.36. The van der Waals surface area contributed by atoms with Crippen LogP contribution in [-0.4, -0.2) is 14.5 Å². The molecule has 0 fully saturated rings. The minimum Gasteiger partial charge on any atom is -0.308 e. The van der Waals surface area contributed by atoms with Gasteiger partial charge < -0.3 is 4.57 Å². The molecule has 2 aromatic heterocycles. The van der Waals surface area contributed by atoms with E-state index in [2.05, 4.69) is 9.97 Å². The Labute approximate surface area is 96.5 Å². The maximum atomic E-state index is 12.5. The highest BCUT2D eigenvalue weighted by molar-refractivity contribution is 14.1. The first-order chi connectivity index (χ1) is 6.89. The highest BCUT2D eigenvalue weighted by Crippen LogP contribution is 2.30. The maximum Gasteiger partial charge on any atom is 0.449 e. The number of rotatable bonds is 0. The Bertz CT molecular complexity index is 518. The minimum absolute atomic E-state index is 0.245. The average Bonchev–Trinajstić information content (AvgIpc) is 2.43. The van der Waals surface area contributed by atoms with Crippen molar-refractivity contribution in [2.24, 2.45) is 7.05 Å². The van der Waals surface area contributed by atoms with E-state index < -0.39 is 12.0 Å². The first-order valence-electron chi connectivity index (χ1n) is 3.96. The highest BCUT2D eigenvalue weighted by atomic mass is 127. The minimum atomic E-state index is -4.44. The van der Waals surface area contributed by atoms with Crippen molar-refractivity contribution in [2.75, 3.05) is 0 Å². The van der Waals surface area contributed by atoms with Crippen LogP contribution in [0, 0.1) is 3.70 Å². The molecule has 0 saturated carbocycles. The Kier molecular flexibility index (Phi) is 2.36. The summed E-state index contributed by atoms with van der Waals surface area (Å²) >= 11 is 1.94. The topological polar surface area (TPSA) is 30.7 Å². The summed E-state index contributed by atoms with van der Waals surface area (Å²) < 4.78 is 39.0. The summed E-state index contributed by atoms with van der Waals surface area (Å²) in [5, 5.41) is 0. The van der Waals surface area contributed by atoms with E-state index in [1.807, 2.05) is 22.6 Å². The van der Waals surface area contributed by atoms with Crippen molar-refractivity contribution in [1.29, 1.82) is 0 Å². The number of aryl methyl sites for hydroxylation is 1. The van der Waals surface area contributed by atoms with Crippen LogP contribution < -0.4 is 0 Å². The summed E-state index contributed by atoms with van der Waals surface area (Å²) in [5.41, 5.74) is 0.500. The summed E-state index contributed by atoms with van der Waals surface area (Å²) in [5.74, 6) is -0.924. The predicted molar refractivity (Wildman–Crippen MR) is 56.2 cm³/mol. The maximum absolute atomic E-state index is 12.5. The predicted octanol–water partition coefficient (Wildman–Crippen LogP) is 2.59. The van der Waals surface area contributed by atoms with E-state index in [9.17, 15) is 13.2 Å². The molecule has 2 aromatic rings. The molecule has 15 heavy (non-hydrogen) atoms. The molecule has 0 radical (unpaired) electrons. The van der Waals surface area contributed by atoms with E-state index in [4.69, 9.17) is 0 Å². The lowest BCUT2D eigenvalue weighted by atomic mass is 10.4. The van der Waals surface area contributed by atoms with Crippen LogP contribution in [0.5, 0.6) is 0 Å². The van der Waals surface area contributed by atoms with Crippen molar-refractivity contribution in [1.82, 2.24) is 14.5 Å². The number of fused-ring (bicyclic) bond motifs is 1. The molecule has 0 spiro atoms. The molecule has 0 aliphatic rings. The van der Waals surface area contributed by atoms with Crippen LogP contribution in [0.4, 0.5) is 13.2 Å². The van der Waals surface area contributed by atoms with Gasteiger partial charge in [-0.15, -0.1) is 0 Å². The van der Waals surface area contributed by atoms with Gasteiger partial charge in [0.2, 0.25) is 5.82 Å². The first-order valence-corrected chi connectivity index (χ1v) is 5.03. The second-order valence-corrected chi connectivity index (χ2v) is 4.07. The van der Waals surface area contributed by atoms with Crippen molar-refractivity contribution in [3.05, 3.63) is 21.7 Å². The van der Waals surface area contributed by atoms with Crippen LogP contribution >= 0.6 is 22.6 Å².